The molecular formula is C10H6ClF2N3O. The molecule has 0 saturated carbocycles. The molecule has 7 heteroatoms. The van der Waals surface area contributed by atoms with Gasteiger partial charge in [0.15, 0.2) is 11.6 Å². The van der Waals surface area contributed by atoms with Gasteiger partial charge >= 0.3 is 0 Å². The fraction of sp³-hybridized carbons (Fsp3) is 0. The summed E-state index contributed by atoms with van der Waals surface area (Å²) >= 11 is 5.52. The van der Waals surface area contributed by atoms with E-state index >= 15 is 0 Å². The van der Waals surface area contributed by atoms with E-state index in [9.17, 15) is 8.78 Å². The number of nitrogen functional groups attached to an aromatic ring is 1. The van der Waals surface area contributed by atoms with Crippen LogP contribution in [0.2, 0.25) is 5.28 Å². The van der Waals surface area contributed by atoms with Gasteiger partial charge in [0.2, 0.25) is 17.0 Å². The van der Waals surface area contributed by atoms with Crippen molar-refractivity contribution in [3.63, 3.8) is 0 Å². The quantitative estimate of drug-likeness (QED) is 0.664. The smallest absolute Gasteiger partial charge is 0.225 e. The minimum Gasteiger partial charge on any atom is -0.436 e. The van der Waals surface area contributed by atoms with E-state index in [0.717, 1.165) is 0 Å². The third-order valence-electron chi connectivity index (χ3n) is 1.89. The lowest BCUT2D eigenvalue weighted by molar-refractivity contribution is 0.406. The van der Waals surface area contributed by atoms with Crippen molar-refractivity contribution in [1.29, 1.82) is 0 Å². The third-order valence-corrected chi connectivity index (χ3v) is 2.07. The average molecular weight is 258 g/mol. The van der Waals surface area contributed by atoms with Crippen molar-refractivity contribution >= 4 is 17.3 Å². The first kappa shape index (κ1) is 11.5. The fourth-order valence-electron chi connectivity index (χ4n) is 1.11. The van der Waals surface area contributed by atoms with E-state index in [1.165, 1.54) is 24.4 Å². The van der Waals surface area contributed by atoms with Crippen LogP contribution in [0.4, 0.5) is 14.5 Å². The van der Waals surface area contributed by atoms with Crippen LogP contribution in [0.25, 0.3) is 0 Å². The van der Waals surface area contributed by atoms with Crippen molar-refractivity contribution in [2.75, 3.05) is 5.73 Å². The lowest BCUT2D eigenvalue weighted by Gasteiger charge is -2.07. The van der Waals surface area contributed by atoms with E-state index in [0.29, 0.717) is 0 Å². The minimum absolute atomic E-state index is 0.00747. The van der Waals surface area contributed by atoms with Crippen LogP contribution in [0, 0.1) is 11.6 Å². The Morgan fingerprint density at radius 1 is 1.18 bits per heavy atom. The van der Waals surface area contributed by atoms with Crippen LogP contribution in [-0.4, -0.2) is 9.97 Å². The van der Waals surface area contributed by atoms with Crippen molar-refractivity contribution in [2.24, 2.45) is 0 Å². The largest absolute Gasteiger partial charge is 0.436 e. The molecule has 4 nitrogen and oxygen atoms in total. The number of nitrogens with zero attached hydrogens (tertiary/aromatic N) is 2. The van der Waals surface area contributed by atoms with E-state index in [2.05, 4.69) is 9.97 Å². The monoisotopic (exact) mass is 257 g/mol. The highest BCUT2D eigenvalue weighted by Gasteiger charge is 2.13. The molecule has 0 saturated heterocycles. The molecule has 0 amide bonds. The van der Waals surface area contributed by atoms with E-state index in [-0.39, 0.29) is 22.6 Å². The first-order valence-corrected chi connectivity index (χ1v) is 4.85. The molecule has 0 bridgehead atoms. The van der Waals surface area contributed by atoms with Crippen LogP contribution >= 0.6 is 11.6 Å². The molecule has 0 radical (unpaired) electrons. The van der Waals surface area contributed by atoms with Crippen LogP contribution < -0.4 is 10.5 Å². The van der Waals surface area contributed by atoms with Crippen molar-refractivity contribution in [2.45, 2.75) is 0 Å². The normalized spacial score (nSPS) is 10.3. The highest BCUT2D eigenvalue weighted by Crippen LogP contribution is 2.27. The molecule has 88 valence electrons. The number of rotatable bonds is 2. The zero-order valence-corrected chi connectivity index (χ0v) is 9.08. The highest BCUT2D eigenvalue weighted by atomic mass is 35.5. The summed E-state index contributed by atoms with van der Waals surface area (Å²) in [4.78, 5) is 7.30. The molecule has 1 aromatic heterocycles. The van der Waals surface area contributed by atoms with Gasteiger partial charge < -0.3 is 10.5 Å². The van der Waals surface area contributed by atoms with Gasteiger partial charge in [-0.2, -0.15) is 9.37 Å². The summed E-state index contributed by atoms with van der Waals surface area (Å²) in [6.07, 6.45) is 1.33. The van der Waals surface area contributed by atoms with E-state index in [4.69, 9.17) is 22.1 Å². The first-order chi connectivity index (χ1) is 8.08. The Kier molecular flexibility index (Phi) is 3.06. The minimum atomic E-state index is -1.18. The van der Waals surface area contributed by atoms with Crippen LogP contribution in [0.15, 0.2) is 24.4 Å². The molecule has 0 aliphatic rings. The van der Waals surface area contributed by atoms with E-state index < -0.39 is 11.6 Å². The maximum absolute atomic E-state index is 13.4. The Bertz CT molecular complexity index is 565. The maximum Gasteiger partial charge on any atom is 0.225 e. The molecule has 0 aliphatic heterocycles. The summed E-state index contributed by atoms with van der Waals surface area (Å²) in [5.41, 5.74) is 4.89. The zero-order chi connectivity index (χ0) is 12.4. The molecule has 1 aromatic carbocycles. The number of nitrogens with two attached hydrogens (primary N) is 1. The van der Waals surface area contributed by atoms with Crippen LogP contribution in [0.5, 0.6) is 11.6 Å². The van der Waals surface area contributed by atoms with Gasteiger partial charge in [-0.25, -0.2) is 9.37 Å². The molecule has 1 heterocycles. The van der Waals surface area contributed by atoms with Gasteiger partial charge in [-0.1, -0.05) is 0 Å². The molecule has 2 aromatic rings. The van der Waals surface area contributed by atoms with Gasteiger partial charge in [0.05, 0.1) is 5.69 Å². The van der Waals surface area contributed by atoms with Gasteiger partial charge in [0.25, 0.3) is 0 Å². The molecule has 2 rings (SSSR count). The van der Waals surface area contributed by atoms with Crippen molar-refractivity contribution in [1.82, 2.24) is 9.97 Å². The highest BCUT2D eigenvalue weighted by molar-refractivity contribution is 6.28. The Hall–Kier alpha value is -1.95. The standard InChI is InChI=1S/C10H6ClF2N3O/c11-10-15-4-3-7(16-10)17-6-2-1-5(14)8(12)9(6)13/h1-4H,14H2. The molecule has 0 fully saturated rings. The second-order valence-electron chi connectivity index (χ2n) is 3.05. The second-order valence-corrected chi connectivity index (χ2v) is 3.38. The van der Waals surface area contributed by atoms with Crippen molar-refractivity contribution < 1.29 is 13.5 Å². The predicted octanol–water partition coefficient (Wildman–Crippen LogP) is 2.78. The van der Waals surface area contributed by atoms with E-state index in [1.807, 2.05) is 0 Å². The SMILES string of the molecule is Nc1ccc(Oc2ccnc(Cl)n2)c(F)c1F. The number of aromatic nitrogens is 2. The van der Waals surface area contributed by atoms with Gasteiger partial charge in [-0.3, -0.25) is 0 Å². The van der Waals surface area contributed by atoms with Crippen LogP contribution in [0.3, 0.4) is 0 Å². The van der Waals surface area contributed by atoms with Gasteiger partial charge in [-0.05, 0) is 23.7 Å². The number of hydrogen-bond donors (Lipinski definition) is 1. The lowest BCUT2D eigenvalue weighted by atomic mass is 10.3. The molecular weight excluding hydrogens is 252 g/mol. The second kappa shape index (κ2) is 4.50. The van der Waals surface area contributed by atoms with Gasteiger partial charge in [0, 0.05) is 12.3 Å². The molecule has 2 N–H and O–H groups in total. The number of hydrogen-bond acceptors (Lipinski definition) is 4. The summed E-state index contributed by atoms with van der Waals surface area (Å²) in [5, 5.41) is -0.0566. The molecule has 0 atom stereocenters. The number of ether oxygens (including phenoxy) is 1. The summed E-state index contributed by atoms with van der Waals surface area (Å²) in [6.45, 7) is 0. The Morgan fingerprint density at radius 2 is 1.94 bits per heavy atom. The molecule has 0 aliphatic carbocycles. The predicted molar refractivity (Wildman–Crippen MR) is 57.9 cm³/mol. The van der Waals surface area contributed by atoms with Crippen LogP contribution in [0.1, 0.15) is 0 Å². The fourth-order valence-corrected chi connectivity index (χ4v) is 1.25. The zero-order valence-electron chi connectivity index (χ0n) is 8.32. The molecule has 0 unspecified atom stereocenters. The Labute approximate surface area is 100 Å². The Balaban J connectivity index is 2.34. The summed E-state index contributed by atoms with van der Waals surface area (Å²) in [5.74, 6) is -2.66. The van der Waals surface area contributed by atoms with Gasteiger partial charge in [-0.15, -0.1) is 0 Å². The average Bonchev–Trinajstić information content (AvgIpc) is 2.30. The summed E-state index contributed by atoms with van der Waals surface area (Å²) < 4.78 is 31.5. The number of anilines is 1. The van der Waals surface area contributed by atoms with Crippen LogP contribution in [-0.2, 0) is 0 Å². The van der Waals surface area contributed by atoms with Crippen molar-refractivity contribution in [3.8, 4) is 11.6 Å². The number of halogens is 3. The lowest BCUT2D eigenvalue weighted by Crippen LogP contribution is -1.98. The topological polar surface area (TPSA) is 61.0 Å². The van der Waals surface area contributed by atoms with E-state index in [1.54, 1.807) is 0 Å². The summed E-state index contributed by atoms with van der Waals surface area (Å²) in [7, 11) is 0. The number of benzene rings is 1. The Morgan fingerprint density at radius 3 is 2.65 bits per heavy atom. The van der Waals surface area contributed by atoms with Crippen molar-refractivity contribution in [3.05, 3.63) is 41.3 Å². The third kappa shape index (κ3) is 2.42. The maximum atomic E-state index is 13.4. The first-order valence-electron chi connectivity index (χ1n) is 4.48. The van der Waals surface area contributed by atoms with Gasteiger partial charge in [0.1, 0.15) is 0 Å². The molecule has 17 heavy (non-hydrogen) atoms. The summed E-state index contributed by atoms with van der Waals surface area (Å²) in [6, 6.07) is 3.75. The molecule has 0 spiro atoms.